The Bertz CT molecular complexity index is 773. The van der Waals surface area contributed by atoms with Crippen molar-refractivity contribution in [3.05, 3.63) is 59.7 Å². The minimum Gasteiger partial charge on any atom is -0.492 e. The Kier molecular flexibility index (Phi) is 6.71. The molecule has 0 fully saturated rings. The summed E-state index contributed by atoms with van der Waals surface area (Å²) >= 11 is 1.73. The molecular formula is C18H23NO3S2. The van der Waals surface area contributed by atoms with Crippen LogP contribution in [0.3, 0.4) is 0 Å². The zero-order chi connectivity index (χ0) is 17.6. The van der Waals surface area contributed by atoms with E-state index in [1.807, 2.05) is 37.3 Å². The molecule has 2 aromatic rings. The Morgan fingerprint density at radius 2 is 1.83 bits per heavy atom. The van der Waals surface area contributed by atoms with Crippen molar-refractivity contribution in [3.8, 4) is 5.75 Å². The Labute approximate surface area is 148 Å². The number of para-hydroxylation sites is 1. The van der Waals surface area contributed by atoms with Crippen molar-refractivity contribution in [2.24, 2.45) is 0 Å². The van der Waals surface area contributed by atoms with Gasteiger partial charge in [0.15, 0.2) is 0 Å². The second-order valence-corrected chi connectivity index (χ2v) is 8.86. The predicted octanol–water partition coefficient (Wildman–Crippen LogP) is 3.56. The minimum atomic E-state index is -3.38. The van der Waals surface area contributed by atoms with E-state index in [9.17, 15) is 8.42 Å². The van der Waals surface area contributed by atoms with Gasteiger partial charge in [-0.05, 0) is 36.2 Å². The van der Waals surface area contributed by atoms with Crippen LogP contribution in [0.2, 0.25) is 0 Å². The van der Waals surface area contributed by atoms with Crippen LogP contribution in [0.25, 0.3) is 0 Å². The van der Waals surface area contributed by atoms with Gasteiger partial charge in [0.2, 0.25) is 10.0 Å². The molecule has 0 bridgehead atoms. The van der Waals surface area contributed by atoms with E-state index in [0.717, 1.165) is 28.4 Å². The first-order valence-corrected chi connectivity index (χ1v) is 10.3. The molecule has 0 radical (unpaired) electrons. The topological polar surface area (TPSA) is 46.6 Å². The Hall–Kier alpha value is -1.50. The molecule has 0 saturated carbocycles. The quantitative estimate of drug-likeness (QED) is 0.671. The van der Waals surface area contributed by atoms with Crippen molar-refractivity contribution in [3.63, 3.8) is 0 Å². The first-order valence-electron chi connectivity index (χ1n) is 7.69. The molecule has 6 heteroatoms. The molecule has 0 aliphatic rings. The molecule has 0 amide bonds. The molecule has 0 N–H and O–H groups in total. The summed E-state index contributed by atoms with van der Waals surface area (Å²) in [4.78, 5) is 0.335. The monoisotopic (exact) mass is 365 g/mol. The highest BCUT2D eigenvalue weighted by molar-refractivity contribution is 7.98. The summed E-state index contributed by atoms with van der Waals surface area (Å²) in [6.45, 7) is 2.66. The molecule has 0 saturated heterocycles. The fraction of sp³-hybridized carbons (Fsp3) is 0.333. The van der Waals surface area contributed by atoms with Gasteiger partial charge < -0.3 is 4.74 Å². The van der Waals surface area contributed by atoms with Crippen molar-refractivity contribution < 1.29 is 13.2 Å². The fourth-order valence-corrected chi connectivity index (χ4v) is 3.86. The van der Waals surface area contributed by atoms with Gasteiger partial charge in [-0.25, -0.2) is 12.7 Å². The van der Waals surface area contributed by atoms with E-state index in [1.165, 1.54) is 4.31 Å². The molecular weight excluding hydrogens is 342 g/mol. The molecule has 24 heavy (non-hydrogen) atoms. The lowest BCUT2D eigenvalue weighted by molar-refractivity contribution is 0.341. The van der Waals surface area contributed by atoms with Crippen LogP contribution in [0.15, 0.2) is 53.4 Å². The smallest absolute Gasteiger partial charge is 0.242 e. The Morgan fingerprint density at radius 3 is 2.54 bits per heavy atom. The zero-order valence-electron chi connectivity index (χ0n) is 14.2. The standard InChI is InChI=1S/C18H23NO3S2/c1-15-7-4-5-10-18(15)22-11-12-23-14-16-8-6-9-17(13-16)24(20,21)19(2)3/h4-10,13H,11-12,14H2,1-3H3. The number of rotatable bonds is 8. The SMILES string of the molecule is Cc1ccccc1OCCSCc1cccc(S(=O)(=O)N(C)C)c1. The number of aryl methyl sites for hydroxylation is 1. The molecule has 0 spiro atoms. The predicted molar refractivity (Wildman–Crippen MR) is 100 cm³/mol. The van der Waals surface area contributed by atoms with Gasteiger partial charge in [-0.1, -0.05) is 30.3 Å². The second-order valence-electron chi connectivity index (χ2n) is 5.60. The summed E-state index contributed by atoms with van der Waals surface area (Å²) in [5.74, 6) is 2.52. The number of hydrogen-bond acceptors (Lipinski definition) is 4. The molecule has 0 aliphatic carbocycles. The molecule has 0 atom stereocenters. The van der Waals surface area contributed by atoms with Crippen LogP contribution in [0.5, 0.6) is 5.75 Å². The highest BCUT2D eigenvalue weighted by Crippen LogP contribution is 2.20. The van der Waals surface area contributed by atoms with E-state index in [0.29, 0.717) is 11.5 Å². The second kappa shape index (κ2) is 8.55. The largest absolute Gasteiger partial charge is 0.492 e. The van der Waals surface area contributed by atoms with Gasteiger partial charge in [0.25, 0.3) is 0 Å². The van der Waals surface area contributed by atoms with Crippen LogP contribution in [0, 0.1) is 6.92 Å². The van der Waals surface area contributed by atoms with E-state index in [4.69, 9.17) is 4.74 Å². The van der Waals surface area contributed by atoms with E-state index >= 15 is 0 Å². The van der Waals surface area contributed by atoms with Gasteiger partial charge in [0.05, 0.1) is 11.5 Å². The summed E-state index contributed by atoms with van der Waals surface area (Å²) in [5.41, 5.74) is 2.13. The van der Waals surface area contributed by atoms with Crippen molar-refractivity contribution in [2.75, 3.05) is 26.5 Å². The Balaban J connectivity index is 1.84. The van der Waals surface area contributed by atoms with E-state index < -0.39 is 10.0 Å². The van der Waals surface area contributed by atoms with Gasteiger partial charge in [-0.3, -0.25) is 0 Å². The first-order chi connectivity index (χ1) is 11.4. The van der Waals surface area contributed by atoms with E-state index in [1.54, 1.807) is 44.1 Å². The normalized spacial score (nSPS) is 11.7. The molecule has 2 rings (SSSR count). The van der Waals surface area contributed by atoms with Gasteiger partial charge in [0.1, 0.15) is 5.75 Å². The van der Waals surface area contributed by atoms with Gasteiger partial charge >= 0.3 is 0 Å². The van der Waals surface area contributed by atoms with Crippen molar-refractivity contribution in [1.29, 1.82) is 0 Å². The molecule has 0 unspecified atom stereocenters. The van der Waals surface area contributed by atoms with Crippen LogP contribution < -0.4 is 4.74 Å². The lowest BCUT2D eigenvalue weighted by Crippen LogP contribution is -2.22. The zero-order valence-corrected chi connectivity index (χ0v) is 15.9. The summed E-state index contributed by atoms with van der Waals surface area (Å²) in [6, 6.07) is 15.1. The summed E-state index contributed by atoms with van der Waals surface area (Å²) in [6.07, 6.45) is 0. The van der Waals surface area contributed by atoms with E-state index in [-0.39, 0.29) is 0 Å². The number of hydrogen-bond donors (Lipinski definition) is 0. The third-order valence-electron chi connectivity index (χ3n) is 3.52. The minimum absolute atomic E-state index is 0.335. The summed E-state index contributed by atoms with van der Waals surface area (Å²) in [5, 5.41) is 0. The van der Waals surface area contributed by atoms with Crippen molar-refractivity contribution in [1.82, 2.24) is 4.31 Å². The average molecular weight is 366 g/mol. The van der Waals surface area contributed by atoms with Gasteiger partial charge in [-0.15, -0.1) is 0 Å². The van der Waals surface area contributed by atoms with Gasteiger partial charge in [-0.2, -0.15) is 11.8 Å². The third-order valence-corrected chi connectivity index (χ3v) is 6.33. The van der Waals surface area contributed by atoms with Crippen LogP contribution in [0.4, 0.5) is 0 Å². The third kappa shape index (κ3) is 5.00. The fourth-order valence-electron chi connectivity index (χ4n) is 2.13. The van der Waals surface area contributed by atoms with Crippen LogP contribution >= 0.6 is 11.8 Å². The molecule has 2 aromatic carbocycles. The highest BCUT2D eigenvalue weighted by atomic mass is 32.2. The lowest BCUT2D eigenvalue weighted by atomic mass is 10.2. The molecule has 0 aliphatic heterocycles. The number of ether oxygens (including phenoxy) is 1. The van der Waals surface area contributed by atoms with E-state index in [2.05, 4.69) is 0 Å². The number of sulfonamides is 1. The number of nitrogens with zero attached hydrogens (tertiary/aromatic N) is 1. The van der Waals surface area contributed by atoms with Crippen LogP contribution in [0.1, 0.15) is 11.1 Å². The molecule has 0 heterocycles. The number of thioether (sulfide) groups is 1. The van der Waals surface area contributed by atoms with Crippen LogP contribution in [-0.4, -0.2) is 39.2 Å². The number of benzene rings is 2. The highest BCUT2D eigenvalue weighted by Gasteiger charge is 2.16. The maximum Gasteiger partial charge on any atom is 0.242 e. The summed E-state index contributed by atoms with van der Waals surface area (Å²) in [7, 11) is -0.293. The molecule has 130 valence electrons. The maximum atomic E-state index is 12.1. The Morgan fingerprint density at radius 1 is 1.08 bits per heavy atom. The maximum absolute atomic E-state index is 12.1. The van der Waals surface area contributed by atoms with Crippen molar-refractivity contribution >= 4 is 21.8 Å². The van der Waals surface area contributed by atoms with Crippen LogP contribution in [-0.2, 0) is 15.8 Å². The molecule has 4 nitrogen and oxygen atoms in total. The van der Waals surface area contributed by atoms with Crippen molar-refractivity contribution in [2.45, 2.75) is 17.6 Å². The van der Waals surface area contributed by atoms with Gasteiger partial charge in [0, 0.05) is 25.6 Å². The molecule has 0 aromatic heterocycles. The lowest BCUT2D eigenvalue weighted by Gasteiger charge is -2.12. The first kappa shape index (κ1) is 18.8. The summed E-state index contributed by atoms with van der Waals surface area (Å²) < 4.78 is 31.3. The average Bonchev–Trinajstić information content (AvgIpc) is 2.56.